The van der Waals surface area contributed by atoms with E-state index >= 15 is 0 Å². The Hall–Kier alpha value is -2.33. The third kappa shape index (κ3) is 3.41. The van der Waals surface area contributed by atoms with E-state index in [-0.39, 0.29) is 12.3 Å². The maximum atomic E-state index is 11.8. The van der Waals surface area contributed by atoms with Gasteiger partial charge in [-0.3, -0.25) is 4.79 Å². The molecule has 0 amide bonds. The smallest absolute Gasteiger partial charge is 0.180 e. The highest BCUT2D eigenvalue weighted by atomic mass is 16.5. The Morgan fingerprint density at radius 2 is 1.86 bits per heavy atom. The monoisotopic (exact) mass is 285 g/mol. The van der Waals surface area contributed by atoms with E-state index in [1.165, 1.54) is 7.11 Å². The van der Waals surface area contributed by atoms with Gasteiger partial charge in [0, 0.05) is 5.56 Å². The summed E-state index contributed by atoms with van der Waals surface area (Å²) >= 11 is 0. The van der Waals surface area contributed by atoms with Gasteiger partial charge in [0.25, 0.3) is 0 Å². The van der Waals surface area contributed by atoms with Crippen LogP contribution in [0.2, 0.25) is 0 Å². The number of hydrogen-bond acceptors (Lipinski definition) is 4. The van der Waals surface area contributed by atoms with Crippen molar-refractivity contribution in [1.29, 1.82) is 0 Å². The van der Waals surface area contributed by atoms with E-state index in [4.69, 9.17) is 15.2 Å². The van der Waals surface area contributed by atoms with Crippen molar-refractivity contribution in [3.8, 4) is 11.5 Å². The normalized spacial score (nSPS) is 10.2. The molecule has 0 bridgehead atoms. The molecule has 0 saturated heterocycles. The van der Waals surface area contributed by atoms with Crippen LogP contribution < -0.4 is 15.2 Å². The van der Waals surface area contributed by atoms with Crippen molar-refractivity contribution < 1.29 is 14.3 Å². The highest BCUT2D eigenvalue weighted by Crippen LogP contribution is 2.32. The zero-order valence-electron chi connectivity index (χ0n) is 12.3. The van der Waals surface area contributed by atoms with Crippen molar-refractivity contribution >= 4 is 5.78 Å². The van der Waals surface area contributed by atoms with E-state index in [0.717, 1.165) is 11.1 Å². The second-order valence-electron chi connectivity index (χ2n) is 4.67. The molecule has 0 unspecified atom stereocenters. The lowest BCUT2D eigenvalue weighted by molar-refractivity contribution is 0.0998. The number of Topliss-reactive ketones (excluding diaryl/α,β-unsaturated/α-hetero) is 1. The van der Waals surface area contributed by atoms with Gasteiger partial charge in [-0.1, -0.05) is 30.3 Å². The number of hydrogen-bond donors (Lipinski definition) is 1. The minimum Gasteiger partial charge on any atom is -0.496 e. The molecule has 0 aromatic heterocycles. The molecule has 2 N–H and O–H groups in total. The summed E-state index contributed by atoms with van der Waals surface area (Å²) < 4.78 is 11.1. The van der Waals surface area contributed by atoms with Crippen LogP contribution in [0.15, 0.2) is 42.5 Å². The van der Waals surface area contributed by atoms with Gasteiger partial charge in [0.2, 0.25) is 0 Å². The van der Waals surface area contributed by atoms with Crippen molar-refractivity contribution in [2.75, 3.05) is 13.7 Å². The summed E-state index contributed by atoms with van der Waals surface area (Å²) in [5, 5.41) is 0. The van der Waals surface area contributed by atoms with Crippen molar-refractivity contribution in [2.24, 2.45) is 5.73 Å². The molecule has 0 fully saturated rings. The van der Waals surface area contributed by atoms with Gasteiger partial charge in [0.15, 0.2) is 5.78 Å². The number of ketones is 1. The first-order chi connectivity index (χ1) is 10.2. The Morgan fingerprint density at radius 1 is 1.14 bits per heavy atom. The Labute approximate surface area is 124 Å². The molecule has 21 heavy (non-hydrogen) atoms. The molecule has 2 aromatic carbocycles. The molecule has 0 saturated carbocycles. The first kappa shape index (κ1) is 15.1. The topological polar surface area (TPSA) is 61.5 Å². The predicted molar refractivity (Wildman–Crippen MR) is 81.9 cm³/mol. The maximum Gasteiger partial charge on any atom is 0.180 e. The minimum atomic E-state index is -0.149. The molecule has 4 nitrogen and oxygen atoms in total. The molecular weight excluding hydrogens is 266 g/mol. The summed E-state index contributed by atoms with van der Waals surface area (Å²) in [6, 6.07) is 13.4. The van der Waals surface area contributed by atoms with E-state index in [1.54, 1.807) is 12.1 Å². The second kappa shape index (κ2) is 6.90. The van der Waals surface area contributed by atoms with Crippen LogP contribution in [0.4, 0.5) is 0 Å². The van der Waals surface area contributed by atoms with Crippen LogP contribution >= 0.6 is 0 Å². The number of benzene rings is 2. The summed E-state index contributed by atoms with van der Waals surface area (Å²) in [7, 11) is 1.54. The minimum absolute atomic E-state index is 0.0416. The van der Waals surface area contributed by atoms with E-state index in [9.17, 15) is 4.79 Å². The summed E-state index contributed by atoms with van der Waals surface area (Å²) in [5.74, 6) is 1.07. The summed E-state index contributed by atoms with van der Waals surface area (Å²) in [5.41, 5.74) is 7.78. The zero-order valence-corrected chi connectivity index (χ0v) is 12.3. The van der Waals surface area contributed by atoms with Gasteiger partial charge in [-0.25, -0.2) is 0 Å². The molecule has 0 atom stereocenters. The van der Waals surface area contributed by atoms with E-state index in [1.807, 2.05) is 37.3 Å². The molecule has 0 aliphatic carbocycles. The first-order valence-corrected chi connectivity index (χ1v) is 6.75. The fourth-order valence-electron chi connectivity index (χ4n) is 2.16. The largest absolute Gasteiger partial charge is 0.496 e. The fourth-order valence-corrected chi connectivity index (χ4v) is 2.16. The molecule has 0 spiro atoms. The van der Waals surface area contributed by atoms with Crippen LogP contribution in [-0.4, -0.2) is 19.4 Å². The first-order valence-electron chi connectivity index (χ1n) is 6.75. The van der Waals surface area contributed by atoms with Crippen LogP contribution in [0.5, 0.6) is 11.5 Å². The lowest BCUT2D eigenvalue weighted by atomic mass is 10.0. The molecule has 0 heterocycles. The number of carbonyl (C=O) groups is 1. The quantitative estimate of drug-likeness (QED) is 0.829. The Balaban J connectivity index is 2.23. The third-order valence-electron chi connectivity index (χ3n) is 3.28. The average molecular weight is 285 g/mol. The van der Waals surface area contributed by atoms with E-state index in [2.05, 4.69) is 0 Å². The number of rotatable bonds is 6. The van der Waals surface area contributed by atoms with Gasteiger partial charge in [-0.05, 0) is 24.6 Å². The van der Waals surface area contributed by atoms with Crippen molar-refractivity contribution in [3.63, 3.8) is 0 Å². The third-order valence-corrected chi connectivity index (χ3v) is 3.28. The molecule has 0 aliphatic rings. The molecule has 110 valence electrons. The van der Waals surface area contributed by atoms with Crippen LogP contribution in [0.1, 0.15) is 21.5 Å². The summed E-state index contributed by atoms with van der Waals surface area (Å²) in [6.07, 6.45) is 0. The Morgan fingerprint density at radius 3 is 2.48 bits per heavy atom. The van der Waals surface area contributed by atoms with Crippen LogP contribution in [0.25, 0.3) is 0 Å². The summed E-state index contributed by atoms with van der Waals surface area (Å²) in [4.78, 5) is 11.8. The van der Waals surface area contributed by atoms with Gasteiger partial charge in [0.05, 0.1) is 19.2 Å². The SMILES string of the molecule is COc1c(C(=O)CN)ccc(OCc2ccccc2)c1C. The zero-order chi connectivity index (χ0) is 15.2. The van der Waals surface area contributed by atoms with Crippen molar-refractivity contribution in [3.05, 3.63) is 59.2 Å². The molecular formula is C17H19NO3. The van der Waals surface area contributed by atoms with E-state index < -0.39 is 0 Å². The molecule has 0 aliphatic heterocycles. The van der Waals surface area contributed by atoms with Crippen LogP contribution in [0, 0.1) is 6.92 Å². The van der Waals surface area contributed by atoms with E-state index in [0.29, 0.717) is 23.7 Å². The number of nitrogens with two attached hydrogens (primary N) is 1. The van der Waals surface area contributed by atoms with Crippen molar-refractivity contribution in [2.45, 2.75) is 13.5 Å². The number of methoxy groups -OCH3 is 1. The van der Waals surface area contributed by atoms with Crippen LogP contribution in [0.3, 0.4) is 0 Å². The Kier molecular flexibility index (Phi) is 4.95. The predicted octanol–water partition coefficient (Wildman–Crippen LogP) is 2.72. The van der Waals surface area contributed by atoms with Gasteiger partial charge in [-0.15, -0.1) is 0 Å². The highest BCUT2D eigenvalue weighted by molar-refractivity contribution is 6.00. The Bertz CT molecular complexity index is 623. The summed E-state index contributed by atoms with van der Waals surface area (Å²) in [6.45, 7) is 2.29. The standard InChI is InChI=1S/C17H19NO3/c1-12-16(21-11-13-6-4-3-5-7-13)9-8-14(15(19)10-18)17(12)20-2/h3-9H,10-11,18H2,1-2H3. The van der Waals surface area contributed by atoms with Gasteiger partial charge >= 0.3 is 0 Å². The lowest BCUT2D eigenvalue weighted by Gasteiger charge is -2.15. The van der Waals surface area contributed by atoms with Crippen molar-refractivity contribution in [1.82, 2.24) is 0 Å². The maximum absolute atomic E-state index is 11.8. The molecule has 2 rings (SSSR count). The number of carbonyl (C=O) groups excluding carboxylic acids is 1. The van der Waals surface area contributed by atoms with Gasteiger partial charge in [-0.2, -0.15) is 0 Å². The molecule has 0 radical (unpaired) electrons. The molecule has 2 aromatic rings. The van der Waals surface area contributed by atoms with Crippen LogP contribution in [-0.2, 0) is 6.61 Å². The fraction of sp³-hybridized carbons (Fsp3) is 0.235. The number of ether oxygens (including phenoxy) is 2. The van der Waals surface area contributed by atoms with Gasteiger partial charge in [0.1, 0.15) is 18.1 Å². The highest BCUT2D eigenvalue weighted by Gasteiger charge is 2.16. The van der Waals surface area contributed by atoms with Gasteiger partial charge < -0.3 is 15.2 Å². The lowest BCUT2D eigenvalue weighted by Crippen LogP contribution is -2.15. The molecule has 4 heteroatoms. The average Bonchev–Trinajstić information content (AvgIpc) is 2.53. The second-order valence-corrected chi connectivity index (χ2v) is 4.67.